The highest BCUT2D eigenvalue weighted by atomic mass is 16.1. The topological polar surface area (TPSA) is 46.1 Å². The molecule has 92 valence electrons. The minimum absolute atomic E-state index is 0.0685. The number of aromatic nitrogens is 2. The van der Waals surface area contributed by atoms with E-state index in [1.807, 2.05) is 55.4 Å². The molecule has 0 atom stereocenters. The standard InChI is InChI=1S/C14H15N3O/c1-17(2)14-9-12(15-10-16-14)8-13(18)11-6-4-3-5-7-11/h3-7,9-10H,8H2,1-2H3. The summed E-state index contributed by atoms with van der Waals surface area (Å²) in [5.74, 6) is 0.875. The van der Waals surface area contributed by atoms with E-state index in [4.69, 9.17) is 0 Å². The molecule has 0 bridgehead atoms. The monoisotopic (exact) mass is 241 g/mol. The van der Waals surface area contributed by atoms with Gasteiger partial charge in [0.05, 0.1) is 12.1 Å². The van der Waals surface area contributed by atoms with E-state index < -0.39 is 0 Å². The fourth-order valence-corrected chi connectivity index (χ4v) is 1.62. The maximum absolute atomic E-state index is 12.0. The van der Waals surface area contributed by atoms with Crippen molar-refractivity contribution in [2.24, 2.45) is 0 Å². The Morgan fingerprint density at radius 2 is 1.89 bits per heavy atom. The van der Waals surface area contributed by atoms with Crippen LogP contribution in [0.2, 0.25) is 0 Å². The SMILES string of the molecule is CN(C)c1cc(CC(=O)c2ccccc2)ncn1. The molecule has 0 saturated carbocycles. The first-order chi connectivity index (χ1) is 8.66. The summed E-state index contributed by atoms with van der Waals surface area (Å²) < 4.78 is 0. The fourth-order valence-electron chi connectivity index (χ4n) is 1.62. The van der Waals surface area contributed by atoms with Crippen LogP contribution in [0.5, 0.6) is 0 Å². The van der Waals surface area contributed by atoms with E-state index in [-0.39, 0.29) is 5.78 Å². The van der Waals surface area contributed by atoms with Crippen LogP contribution in [0.25, 0.3) is 0 Å². The summed E-state index contributed by atoms with van der Waals surface area (Å²) >= 11 is 0. The molecule has 1 aromatic carbocycles. The first-order valence-corrected chi connectivity index (χ1v) is 5.73. The molecule has 4 nitrogen and oxygen atoms in total. The highest BCUT2D eigenvalue weighted by molar-refractivity contribution is 5.97. The Morgan fingerprint density at radius 3 is 2.56 bits per heavy atom. The van der Waals surface area contributed by atoms with Crippen LogP contribution < -0.4 is 4.90 Å². The molecule has 18 heavy (non-hydrogen) atoms. The van der Waals surface area contributed by atoms with E-state index in [9.17, 15) is 4.79 Å². The lowest BCUT2D eigenvalue weighted by Crippen LogP contribution is -2.12. The highest BCUT2D eigenvalue weighted by Gasteiger charge is 2.08. The maximum atomic E-state index is 12.0. The Hall–Kier alpha value is -2.23. The molecule has 0 amide bonds. The lowest BCUT2D eigenvalue weighted by Gasteiger charge is -2.11. The van der Waals surface area contributed by atoms with Crippen LogP contribution in [0.3, 0.4) is 0 Å². The molecule has 0 fully saturated rings. The van der Waals surface area contributed by atoms with Crippen LogP contribution in [0, 0.1) is 0 Å². The number of nitrogens with zero attached hydrogens (tertiary/aromatic N) is 3. The van der Waals surface area contributed by atoms with Crippen LogP contribution in [0.15, 0.2) is 42.7 Å². The third-order valence-corrected chi connectivity index (χ3v) is 2.60. The summed E-state index contributed by atoms with van der Waals surface area (Å²) in [5.41, 5.74) is 1.45. The van der Waals surface area contributed by atoms with Gasteiger partial charge in [-0.05, 0) is 0 Å². The summed E-state index contributed by atoms with van der Waals surface area (Å²) in [4.78, 5) is 22.2. The third kappa shape index (κ3) is 2.91. The van der Waals surface area contributed by atoms with Crippen molar-refractivity contribution >= 4 is 11.6 Å². The van der Waals surface area contributed by atoms with Crippen LogP contribution in [-0.2, 0) is 6.42 Å². The Kier molecular flexibility index (Phi) is 3.67. The minimum atomic E-state index is 0.0685. The highest BCUT2D eigenvalue weighted by Crippen LogP contribution is 2.10. The number of carbonyl (C=O) groups is 1. The van der Waals surface area contributed by atoms with Crippen molar-refractivity contribution in [1.82, 2.24) is 9.97 Å². The van der Waals surface area contributed by atoms with E-state index in [2.05, 4.69) is 9.97 Å². The molecule has 1 heterocycles. The molecule has 0 aliphatic heterocycles. The van der Waals surface area contributed by atoms with Crippen molar-refractivity contribution in [2.75, 3.05) is 19.0 Å². The van der Waals surface area contributed by atoms with Gasteiger partial charge in [0.15, 0.2) is 5.78 Å². The molecule has 4 heteroatoms. The Morgan fingerprint density at radius 1 is 1.17 bits per heavy atom. The molecule has 1 aromatic heterocycles. The summed E-state index contributed by atoms with van der Waals surface area (Å²) in [6, 6.07) is 11.1. The van der Waals surface area contributed by atoms with Crippen molar-refractivity contribution in [3.05, 3.63) is 54.0 Å². The van der Waals surface area contributed by atoms with E-state index in [0.717, 1.165) is 11.5 Å². The van der Waals surface area contributed by atoms with Gasteiger partial charge in [0.25, 0.3) is 0 Å². The zero-order valence-electron chi connectivity index (χ0n) is 10.5. The predicted octanol–water partition coefficient (Wildman–Crippen LogP) is 1.97. The average Bonchev–Trinajstić information content (AvgIpc) is 2.40. The second-order valence-corrected chi connectivity index (χ2v) is 4.23. The molecule has 0 N–H and O–H groups in total. The van der Waals surface area contributed by atoms with Gasteiger partial charge in [-0.25, -0.2) is 9.97 Å². The summed E-state index contributed by atoms with van der Waals surface area (Å²) in [7, 11) is 3.82. The molecule has 2 aromatic rings. The molecule has 0 aliphatic rings. The van der Waals surface area contributed by atoms with Crippen LogP contribution in [-0.4, -0.2) is 29.8 Å². The lowest BCUT2D eigenvalue weighted by molar-refractivity contribution is 0.0992. The quantitative estimate of drug-likeness (QED) is 0.768. The van der Waals surface area contributed by atoms with Gasteiger partial charge in [0.1, 0.15) is 12.1 Å². The largest absolute Gasteiger partial charge is 0.363 e. The lowest BCUT2D eigenvalue weighted by atomic mass is 10.1. The van der Waals surface area contributed by atoms with Crippen molar-refractivity contribution in [3.8, 4) is 0 Å². The molecule has 0 spiro atoms. The van der Waals surface area contributed by atoms with E-state index >= 15 is 0 Å². The van der Waals surface area contributed by atoms with Gasteiger partial charge in [-0.3, -0.25) is 4.79 Å². The smallest absolute Gasteiger partial charge is 0.168 e. The van der Waals surface area contributed by atoms with E-state index in [0.29, 0.717) is 12.0 Å². The molecular formula is C14H15N3O. The van der Waals surface area contributed by atoms with E-state index in [1.165, 1.54) is 6.33 Å². The Labute approximate surface area is 106 Å². The van der Waals surface area contributed by atoms with Crippen molar-refractivity contribution in [2.45, 2.75) is 6.42 Å². The first-order valence-electron chi connectivity index (χ1n) is 5.73. The molecule has 0 aliphatic carbocycles. The van der Waals surface area contributed by atoms with Gasteiger partial charge >= 0.3 is 0 Å². The second-order valence-electron chi connectivity index (χ2n) is 4.23. The number of hydrogen-bond acceptors (Lipinski definition) is 4. The molecular weight excluding hydrogens is 226 g/mol. The average molecular weight is 241 g/mol. The number of carbonyl (C=O) groups excluding carboxylic acids is 1. The summed E-state index contributed by atoms with van der Waals surface area (Å²) in [5, 5.41) is 0. The van der Waals surface area contributed by atoms with Crippen LogP contribution in [0.1, 0.15) is 16.1 Å². The normalized spacial score (nSPS) is 10.1. The Balaban J connectivity index is 2.15. The molecule has 2 rings (SSSR count). The van der Waals surface area contributed by atoms with Crippen molar-refractivity contribution in [1.29, 1.82) is 0 Å². The number of Topliss-reactive ketones (excluding diaryl/α,β-unsaturated/α-hetero) is 1. The van der Waals surface area contributed by atoms with Gasteiger partial charge in [0.2, 0.25) is 0 Å². The van der Waals surface area contributed by atoms with Crippen molar-refractivity contribution in [3.63, 3.8) is 0 Å². The summed E-state index contributed by atoms with van der Waals surface area (Å²) in [6.07, 6.45) is 1.79. The molecule has 0 radical (unpaired) electrons. The number of anilines is 1. The van der Waals surface area contributed by atoms with Gasteiger partial charge in [0, 0.05) is 25.7 Å². The van der Waals surface area contributed by atoms with E-state index in [1.54, 1.807) is 0 Å². The zero-order chi connectivity index (χ0) is 13.0. The van der Waals surface area contributed by atoms with Crippen molar-refractivity contribution < 1.29 is 4.79 Å². The maximum Gasteiger partial charge on any atom is 0.168 e. The fraction of sp³-hybridized carbons (Fsp3) is 0.214. The molecule has 0 unspecified atom stereocenters. The van der Waals surface area contributed by atoms with Gasteiger partial charge in [-0.2, -0.15) is 0 Å². The first kappa shape index (κ1) is 12.2. The third-order valence-electron chi connectivity index (χ3n) is 2.60. The number of hydrogen-bond donors (Lipinski definition) is 0. The molecule has 0 saturated heterocycles. The summed E-state index contributed by atoms with van der Waals surface area (Å²) in [6.45, 7) is 0. The van der Waals surface area contributed by atoms with Gasteiger partial charge in [-0.15, -0.1) is 0 Å². The zero-order valence-corrected chi connectivity index (χ0v) is 10.5. The van der Waals surface area contributed by atoms with Gasteiger partial charge in [-0.1, -0.05) is 30.3 Å². The Bertz CT molecular complexity index is 538. The predicted molar refractivity (Wildman–Crippen MR) is 70.8 cm³/mol. The minimum Gasteiger partial charge on any atom is -0.363 e. The second kappa shape index (κ2) is 5.40. The number of benzene rings is 1. The number of rotatable bonds is 4. The van der Waals surface area contributed by atoms with Crippen LogP contribution in [0.4, 0.5) is 5.82 Å². The van der Waals surface area contributed by atoms with Gasteiger partial charge < -0.3 is 4.90 Å². The van der Waals surface area contributed by atoms with Crippen LogP contribution >= 0.6 is 0 Å². The number of ketones is 1.